The van der Waals surface area contributed by atoms with Crippen molar-refractivity contribution in [3.8, 4) is 0 Å². The van der Waals surface area contributed by atoms with Gasteiger partial charge in [0.15, 0.2) is 0 Å². The predicted molar refractivity (Wildman–Crippen MR) is 103 cm³/mol. The zero-order valence-corrected chi connectivity index (χ0v) is 15.4. The first-order chi connectivity index (χ1) is 12.6. The van der Waals surface area contributed by atoms with Crippen LogP contribution < -0.4 is 10.2 Å². The van der Waals surface area contributed by atoms with Gasteiger partial charge in [-0.05, 0) is 43.3 Å². The molecule has 1 aromatic heterocycles. The third-order valence-corrected chi connectivity index (χ3v) is 6.57. The van der Waals surface area contributed by atoms with Crippen molar-refractivity contribution in [1.29, 1.82) is 0 Å². The third kappa shape index (κ3) is 3.06. The van der Waals surface area contributed by atoms with E-state index in [4.69, 9.17) is 0 Å². The SMILES string of the molecule is C[C@@H]1CNCCN1c1ccc2ncc(S(=O)(=O)c3ccccc3)cc2c1. The summed E-state index contributed by atoms with van der Waals surface area (Å²) in [5.74, 6) is 0. The summed E-state index contributed by atoms with van der Waals surface area (Å²) in [4.78, 5) is 7.22. The van der Waals surface area contributed by atoms with Crippen LogP contribution in [0.1, 0.15) is 6.92 Å². The average molecular weight is 367 g/mol. The van der Waals surface area contributed by atoms with Crippen molar-refractivity contribution < 1.29 is 8.42 Å². The van der Waals surface area contributed by atoms with Gasteiger partial charge in [0.1, 0.15) is 0 Å². The van der Waals surface area contributed by atoms with Crippen LogP contribution in [0.2, 0.25) is 0 Å². The van der Waals surface area contributed by atoms with Crippen LogP contribution in [0.3, 0.4) is 0 Å². The summed E-state index contributed by atoms with van der Waals surface area (Å²) in [6.07, 6.45) is 1.44. The smallest absolute Gasteiger partial charge is 0.208 e. The van der Waals surface area contributed by atoms with E-state index in [0.29, 0.717) is 6.04 Å². The van der Waals surface area contributed by atoms with Gasteiger partial charge >= 0.3 is 0 Å². The number of aromatic nitrogens is 1. The summed E-state index contributed by atoms with van der Waals surface area (Å²) in [6.45, 7) is 5.01. The highest BCUT2D eigenvalue weighted by molar-refractivity contribution is 7.91. The largest absolute Gasteiger partial charge is 0.366 e. The lowest BCUT2D eigenvalue weighted by Crippen LogP contribution is -2.49. The predicted octanol–water partition coefficient (Wildman–Crippen LogP) is 2.87. The van der Waals surface area contributed by atoms with Crippen molar-refractivity contribution in [3.05, 3.63) is 60.8 Å². The highest BCUT2D eigenvalue weighted by Crippen LogP contribution is 2.27. The summed E-state index contributed by atoms with van der Waals surface area (Å²) in [6, 6.07) is 16.6. The van der Waals surface area contributed by atoms with Crippen molar-refractivity contribution in [1.82, 2.24) is 10.3 Å². The zero-order chi connectivity index (χ0) is 18.1. The molecule has 4 rings (SSSR count). The van der Waals surface area contributed by atoms with E-state index in [9.17, 15) is 8.42 Å². The fourth-order valence-corrected chi connectivity index (χ4v) is 4.65. The van der Waals surface area contributed by atoms with E-state index in [0.717, 1.165) is 36.2 Å². The molecule has 0 amide bonds. The maximum absolute atomic E-state index is 12.9. The Labute approximate surface area is 153 Å². The number of fused-ring (bicyclic) bond motifs is 1. The van der Waals surface area contributed by atoms with Crippen LogP contribution in [-0.4, -0.2) is 39.1 Å². The van der Waals surface area contributed by atoms with E-state index >= 15 is 0 Å². The molecule has 0 bridgehead atoms. The second kappa shape index (κ2) is 6.70. The Morgan fingerprint density at radius 1 is 1.08 bits per heavy atom. The van der Waals surface area contributed by atoms with Gasteiger partial charge in [0.2, 0.25) is 9.84 Å². The molecule has 0 saturated carbocycles. The number of hydrogen-bond donors (Lipinski definition) is 1. The molecule has 1 aliphatic rings. The quantitative estimate of drug-likeness (QED) is 0.771. The minimum atomic E-state index is -3.57. The zero-order valence-electron chi connectivity index (χ0n) is 14.6. The molecule has 1 saturated heterocycles. The van der Waals surface area contributed by atoms with Crippen LogP contribution in [0.15, 0.2) is 70.6 Å². The normalized spacial score (nSPS) is 18.2. The maximum Gasteiger partial charge on any atom is 0.208 e. The van der Waals surface area contributed by atoms with Gasteiger partial charge < -0.3 is 10.2 Å². The second-order valence-electron chi connectivity index (χ2n) is 6.61. The van der Waals surface area contributed by atoms with Gasteiger partial charge in [-0.15, -0.1) is 0 Å². The van der Waals surface area contributed by atoms with E-state index in [1.54, 1.807) is 36.4 Å². The third-order valence-electron chi connectivity index (χ3n) is 4.84. The molecule has 5 nitrogen and oxygen atoms in total. The van der Waals surface area contributed by atoms with Crippen molar-refractivity contribution in [2.24, 2.45) is 0 Å². The molecule has 134 valence electrons. The summed E-state index contributed by atoms with van der Waals surface area (Å²) in [7, 11) is -3.57. The number of rotatable bonds is 3. The molecule has 0 spiro atoms. The van der Waals surface area contributed by atoms with Crippen LogP contribution in [0.4, 0.5) is 5.69 Å². The second-order valence-corrected chi connectivity index (χ2v) is 8.56. The molecular formula is C20H21N3O2S. The molecule has 3 aromatic rings. The van der Waals surface area contributed by atoms with Crippen molar-refractivity contribution >= 4 is 26.4 Å². The van der Waals surface area contributed by atoms with E-state index in [2.05, 4.69) is 28.2 Å². The Morgan fingerprint density at radius 3 is 2.65 bits per heavy atom. The number of hydrogen-bond acceptors (Lipinski definition) is 5. The molecule has 1 N–H and O–H groups in total. The van der Waals surface area contributed by atoms with Gasteiger partial charge in [-0.1, -0.05) is 18.2 Å². The van der Waals surface area contributed by atoms with Crippen LogP contribution >= 0.6 is 0 Å². The molecule has 2 aromatic carbocycles. The Bertz CT molecular complexity index is 1040. The lowest BCUT2D eigenvalue weighted by atomic mass is 10.1. The molecule has 2 heterocycles. The lowest BCUT2D eigenvalue weighted by molar-refractivity contribution is 0.501. The Kier molecular flexibility index (Phi) is 4.38. The molecule has 1 atom stereocenters. The fraction of sp³-hybridized carbons (Fsp3) is 0.250. The summed E-state index contributed by atoms with van der Waals surface area (Å²) >= 11 is 0. The van der Waals surface area contributed by atoms with Crippen LogP contribution in [0.25, 0.3) is 10.9 Å². The Morgan fingerprint density at radius 2 is 1.88 bits per heavy atom. The van der Waals surface area contributed by atoms with Crippen molar-refractivity contribution in [2.45, 2.75) is 22.8 Å². The first-order valence-electron chi connectivity index (χ1n) is 8.73. The standard InChI is InChI=1S/C20H21N3O2S/c1-15-13-21-9-10-23(15)17-7-8-20-16(11-17)12-19(14-22-20)26(24,25)18-5-3-2-4-6-18/h2-8,11-12,14-15,21H,9-10,13H2,1H3/t15-/m1/s1. The minimum absolute atomic E-state index is 0.224. The van der Waals surface area contributed by atoms with E-state index in [-0.39, 0.29) is 9.79 Å². The van der Waals surface area contributed by atoms with Crippen molar-refractivity contribution in [2.75, 3.05) is 24.5 Å². The monoisotopic (exact) mass is 367 g/mol. The summed E-state index contributed by atoms with van der Waals surface area (Å²) < 4.78 is 25.7. The first-order valence-corrected chi connectivity index (χ1v) is 10.2. The summed E-state index contributed by atoms with van der Waals surface area (Å²) in [5, 5.41) is 4.22. The number of pyridine rings is 1. The highest BCUT2D eigenvalue weighted by Gasteiger charge is 2.20. The molecule has 26 heavy (non-hydrogen) atoms. The summed E-state index contributed by atoms with van der Waals surface area (Å²) in [5.41, 5.74) is 1.89. The number of benzene rings is 2. The molecule has 6 heteroatoms. The van der Waals surface area contributed by atoms with E-state index in [1.165, 1.54) is 6.20 Å². The molecule has 0 unspecified atom stereocenters. The lowest BCUT2D eigenvalue weighted by Gasteiger charge is -2.36. The van der Waals surface area contributed by atoms with Crippen LogP contribution in [0, 0.1) is 0 Å². The number of nitrogens with one attached hydrogen (secondary N) is 1. The molecule has 1 fully saturated rings. The number of sulfone groups is 1. The van der Waals surface area contributed by atoms with Crippen molar-refractivity contribution in [3.63, 3.8) is 0 Å². The maximum atomic E-state index is 12.9. The van der Waals surface area contributed by atoms with E-state index < -0.39 is 9.84 Å². The molecule has 0 radical (unpaired) electrons. The van der Waals surface area contributed by atoms with Gasteiger partial charge in [0, 0.05) is 42.9 Å². The fourth-order valence-electron chi connectivity index (χ4n) is 3.38. The Hall–Kier alpha value is -2.44. The van der Waals surface area contributed by atoms with Crippen LogP contribution in [0.5, 0.6) is 0 Å². The first kappa shape index (κ1) is 17.0. The van der Waals surface area contributed by atoms with Gasteiger partial charge in [-0.2, -0.15) is 0 Å². The number of piperazine rings is 1. The Balaban J connectivity index is 1.77. The minimum Gasteiger partial charge on any atom is -0.366 e. The highest BCUT2D eigenvalue weighted by atomic mass is 32.2. The van der Waals surface area contributed by atoms with Gasteiger partial charge in [0.25, 0.3) is 0 Å². The van der Waals surface area contributed by atoms with E-state index in [1.807, 2.05) is 12.1 Å². The van der Waals surface area contributed by atoms with Crippen LogP contribution in [-0.2, 0) is 9.84 Å². The molecule has 1 aliphatic heterocycles. The number of nitrogens with zero attached hydrogens (tertiary/aromatic N) is 2. The molecule has 0 aliphatic carbocycles. The molecular weight excluding hydrogens is 346 g/mol. The van der Waals surface area contributed by atoms with Gasteiger partial charge in [-0.25, -0.2) is 8.42 Å². The van der Waals surface area contributed by atoms with Gasteiger partial charge in [0.05, 0.1) is 15.3 Å². The number of anilines is 1. The topological polar surface area (TPSA) is 62.3 Å². The average Bonchev–Trinajstić information content (AvgIpc) is 2.68. The van der Waals surface area contributed by atoms with Gasteiger partial charge in [-0.3, -0.25) is 4.98 Å².